The van der Waals surface area contributed by atoms with Gasteiger partial charge in [-0.15, -0.1) is 0 Å². The molecule has 0 amide bonds. The molecule has 0 N–H and O–H groups in total. The zero-order valence-corrected chi connectivity index (χ0v) is 8.45. The first kappa shape index (κ1) is 9.93. The maximum Gasteiger partial charge on any atom is 0.314 e. The second kappa shape index (κ2) is 3.87. The van der Waals surface area contributed by atoms with Gasteiger partial charge in [-0.05, 0) is 12.8 Å². The van der Waals surface area contributed by atoms with Crippen molar-refractivity contribution in [1.29, 1.82) is 0 Å². The Morgan fingerprint density at radius 1 is 1.36 bits per heavy atom. The third-order valence-electron chi connectivity index (χ3n) is 3.06. The molecule has 1 heterocycles. The molecule has 14 heavy (non-hydrogen) atoms. The molecule has 0 radical (unpaired) electrons. The van der Waals surface area contributed by atoms with Gasteiger partial charge in [0, 0.05) is 6.42 Å². The minimum absolute atomic E-state index is 0.202. The first-order valence-electron chi connectivity index (χ1n) is 5.14. The van der Waals surface area contributed by atoms with Crippen LogP contribution in [0.4, 0.5) is 0 Å². The molecule has 2 aliphatic rings. The molecule has 1 aliphatic carbocycles. The molecule has 1 saturated heterocycles. The van der Waals surface area contributed by atoms with E-state index in [-0.39, 0.29) is 11.9 Å². The standard InChI is InChI=1S/C10H16O4/c1-12-9(11)8-4-2-3-5-10(8)13-6-7-14-10/h8H,2-7H2,1H3/t8-/m0/s1. The predicted octanol–water partition coefficient (Wildman–Crippen LogP) is 1.09. The monoisotopic (exact) mass is 200 g/mol. The Morgan fingerprint density at radius 2 is 2.07 bits per heavy atom. The van der Waals surface area contributed by atoms with Crippen LogP contribution in [0.3, 0.4) is 0 Å². The first-order valence-corrected chi connectivity index (χ1v) is 5.14. The summed E-state index contributed by atoms with van der Waals surface area (Å²) < 4.78 is 16.0. The molecule has 1 aliphatic heterocycles. The van der Waals surface area contributed by atoms with Crippen molar-refractivity contribution in [3.8, 4) is 0 Å². The molecule has 80 valence electrons. The lowest BCUT2D eigenvalue weighted by Gasteiger charge is -2.37. The summed E-state index contributed by atoms with van der Waals surface area (Å²) in [6.07, 6.45) is 3.74. The first-order chi connectivity index (χ1) is 6.78. The largest absolute Gasteiger partial charge is 0.469 e. The topological polar surface area (TPSA) is 44.8 Å². The van der Waals surface area contributed by atoms with Crippen LogP contribution in [-0.2, 0) is 19.0 Å². The van der Waals surface area contributed by atoms with Crippen LogP contribution in [0.15, 0.2) is 0 Å². The molecule has 2 fully saturated rings. The van der Waals surface area contributed by atoms with Crippen LogP contribution in [0, 0.1) is 5.92 Å². The van der Waals surface area contributed by atoms with E-state index in [4.69, 9.17) is 14.2 Å². The van der Waals surface area contributed by atoms with Gasteiger partial charge in [0.25, 0.3) is 0 Å². The van der Waals surface area contributed by atoms with E-state index in [2.05, 4.69) is 0 Å². The van der Waals surface area contributed by atoms with Gasteiger partial charge in [-0.1, -0.05) is 6.42 Å². The van der Waals surface area contributed by atoms with Crippen molar-refractivity contribution in [2.24, 2.45) is 5.92 Å². The predicted molar refractivity (Wildman–Crippen MR) is 48.6 cm³/mol. The van der Waals surface area contributed by atoms with E-state index in [1.807, 2.05) is 0 Å². The molecule has 1 spiro atoms. The highest BCUT2D eigenvalue weighted by atomic mass is 16.7. The highest BCUT2D eigenvalue weighted by molar-refractivity contribution is 5.73. The van der Waals surface area contributed by atoms with Gasteiger partial charge < -0.3 is 14.2 Å². The molecule has 0 aromatic carbocycles. The number of rotatable bonds is 1. The molecule has 4 heteroatoms. The highest BCUT2D eigenvalue weighted by Crippen LogP contribution is 2.40. The van der Waals surface area contributed by atoms with Crippen molar-refractivity contribution in [2.45, 2.75) is 31.5 Å². The molecule has 0 aromatic heterocycles. The molecule has 1 atom stereocenters. The lowest BCUT2D eigenvalue weighted by molar-refractivity contribution is -0.220. The van der Waals surface area contributed by atoms with Crippen LogP contribution in [0.1, 0.15) is 25.7 Å². The summed E-state index contributed by atoms with van der Waals surface area (Å²) in [6.45, 7) is 1.18. The van der Waals surface area contributed by atoms with Gasteiger partial charge in [-0.2, -0.15) is 0 Å². The van der Waals surface area contributed by atoms with E-state index in [0.717, 1.165) is 25.7 Å². The van der Waals surface area contributed by atoms with Crippen molar-refractivity contribution in [1.82, 2.24) is 0 Å². The summed E-state index contributed by atoms with van der Waals surface area (Å²) >= 11 is 0. The van der Waals surface area contributed by atoms with E-state index in [9.17, 15) is 4.79 Å². The number of methoxy groups -OCH3 is 1. The zero-order chi connectivity index (χ0) is 10.0. The van der Waals surface area contributed by atoms with Gasteiger partial charge >= 0.3 is 5.97 Å². The van der Waals surface area contributed by atoms with E-state index >= 15 is 0 Å². The average Bonchev–Trinajstić information content (AvgIpc) is 2.67. The highest BCUT2D eigenvalue weighted by Gasteiger charge is 2.49. The number of hydrogen-bond donors (Lipinski definition) is 0. The minimum Gasteiger partial charge on any atom is -0.469 e. The summed E-state index contributed by atoms with van der Waals surface area (Å²) in [7, 11) is 1.42. The second-order valence-corrected chi connectivity index (χ2v) is 3.83. The lowest BCUT2D eigenvalue weighted by Crippen LogP contribution is -2.46. The van der Waals surface area contributed by atoms with Gasteiger partial charge in [0.1, 0.15) is 5.92 Å². The van der Waals surface area contributed by atoms with E-state index in [1.165, 1.54) is 7.11 Å². The molecule has 0 bridgehead atoms. The van der Waals surface area contributed by atoms with Crippen LogP contribution >= 0.6 is 0 Å². The zero-order valence-electron chi connectivity index (χ0n) is 8.45. The number of hydrogen-bond acceptors (Lipinski definition) is 4. The van der Waals surface area contributed by atoms with Crippen molar-refractivity contribution in [3.63, 3.8) is 0 Å². The molecular weight excluding hydrogens is 184 g/mol. The fourth-order valence-electron chi connectivity index (χ4n) is 2.37. The van der Waals surface area contributed by atoms with Gasteiger partial charge in [0.15, 0.2) is 5.79 Å². The maximum atomic E-state index is 11.5. The van der Waals surface area contributed by atoms with Gasteiger partial charge in [-0.25, -0.2) is 0 Å². The number of carbonyl (C=O) groups excluding carboxylic acids is 1. The fraction of sp³-hybridized carbons (Fsp3) is 0.900. The lowest BCUT2D eigenvalue weighted by atomic mass is 9.83. The molecule has 2 rings (SSSR count). The fourth-order valence-corrected chi connectivity index (χ4v) is 2.37. The molecule has 0 unspecified atom stereocenters. The molecular formula is C10H16O4. The summed E-state index contributed by atoms with van der Waals surface area (Å²) in [6, 6.07) is 0. The average molecular weight is 200 g/mol. The van der Waals surface area contributed by atoms with Crippen molar-refractivity contribution in [2.75, 3.05) is 20.3 Å². The normalized spacial score (nSPS) is 30.5. The van der Waals surface area contributed by atoms with Crippen LogP contribution in [0.5, 0.6) is 0 Å². The summed E-state index contributed by atoms with van der Waals surface area (Å²) in [5.74, 6) is -1.10. The Bertz CT molecular complexity index is 220. The van der Waals surface area contributed by atoms with Crippen molar-refractivity contribution in [3.05, 3.63) is 0 Å². The Morgan fingerprint density at radius 3 is 2.71 bits per heavy atom. The van der Waals surface area contributed by atoms with Crippen LogP contribution in [-0.4, -0.2) is 32.1 Å². The number of esters is 1. The summed E-state index contributed by atoms with van der Waals surface area (Å²) in [5, 5.41) is 0. The van der Waals surface area contributed by atoms with Gasteiger partial charge in [-0.3, -0.25) is 4.79 Å². The summed E-state index contributed by atoms with van der Waals surface area (Å²) in [4.78, 5) is 11.5. The van der Waals surface area contributed by atoms with E-state index in [1.54, 1.807) is 0 Å². The second-order valence-electron chi connectivity index (χ2n) is 3.83. The quantitative estimate of drug-likeness (QED) is 0.594. The Kier molecular flexibility index (Phi) is 2.74. The molecule has 1 saturated carbocycles. The third-order valence-corrected chi connectivity index (χ3v) is 3.06. The number of carbonyl (C=O) groups is 1. The Hall–Kier alpha value is -0.610. The summed E-state index contributed by atoms with van der Waals surface area (Å²) in [5.41, 5.74) is 0. The van der Waals surface area contributed by atoms with E-state index in [0.29, 0.717) is 13.2 Å². The van der Waals surface area contributed by atoms with Crippen LogP contribution in [0.2, 0.25) is 0 Å². The van der Waals surface area contributed by atoms with Crippen LogP contribution in [0.25, 0.3) is 0 Å². The van der Waals surface area contributed by atoms with E-state index < -0.39 is 5.79 Å². The molecule has 4 nitrogen and oxygen atoms in total. The number of ether oxygens (including phenoxy) is 3. The van der Waals surface area contributed by atoms with Gasteiger partial charge in [0.2, 0.25) is 0 Å². The SMILES string of the molecule is COC(=O)[C@@H]1CCCCC12OCCO2. The maximum absolute atomic E-state index is 11.5. The Balaban J connectivity index is 2.14. The smallest absolute Gasteiger partial charge is 0.314 e. The minimum atomic E-state index is -0.661. The van der Waals surface area contributed by atoms with Crippen molar-refractivity contribution < 1.29 is 19.0 Å². The van der Waals surface area contributed by atoms with Crippen LogP contribution < -0.4 is 0 Å². The van der Waals surface area contributed by atoms with Gasteiger partial charge in [0.05, 0.1) is 20.3 Å². The third kappa shape index (κ3) is 1.53. The molecule has 0 aromatic rings. The Labute approximate surface area is 83.5 Å². The van der Waals surface area contributed by atoms with Crippen molar-refractivity contribution >= 4 is 5.97 Å².